The molecule has 4 heteroatoms. The smallest absolute Gasteiger partial charge is 0.128 e. The third-order valence-electron chi connectivity index (χ3n) is 4.46. The quantitative estimate of drug-likeness (QED) is 0.799. The maximum Gasteiger partial charge on any atom is 0.128 e. The number of nitrogens with zero attached hydrogens (tertiary/aromatic N) is 3. The Morgan fingerprint density at radius 1 is 1.00 bits per heavy atom. The number of imidazole rings is 1. The van der Waals surface area contributed by atoms with E-state index in [0.29, 0.717) is 5.92 Å². The Hall–Kier alpha value is -2.62. The van der Waals surface area contributed by atoms with Gasteiger partial charge in [-0.05, 0) is 30.5 Å². The Kier molecular flexibility index (Phi) is 3.80. The molecule has 1 saturated heterocycles. The molecule has 3 aromatic rings. The highest BCUT2D eigenvalue weighted by Crippen LogP contribution is 2.29. The highest BCUT2D eigenvalue weighted by atomic mass is 15.2. The zero-order chi connectivity index (χ0) is 15.5. The van der Waals surface area contributed by atoms with E-state index in [2.05, 4.69) is 50.2 Å². The average molecular weight is 304 g/mol. The molecule has 0 spiro atoms. The molecule has 4 rings (SSSR count). The van der Waals surface area contributed by atoms with E-state index in [1.165, 1.54) is 18.4 Å². The van der Waals surface area contributed by atoms with Crippen molar-refractivity contribution in [2.75, 3.05) is 18.0 Å². The molecule has 1 aliphatic rings. The van der Waals surface area contributed by atoms with Crippen molar-refractivity contribution in [3.63, 3.8) is 0 Å². The number of aromatic nitrogens is 3. The van der Waals surface area contributed by atoms with Crippen LogP contribution < -0.4 is 4.90 Å². The molecule has 1 fully saturated rings. The molecule has 0 radical (unpaired) electrons. The molecule has 4 nitrogen and oxygen atoms in total. The van der Waals surface area contributed by atoms with Gasteiger partial charge in [0, 0.05) is 25.2 Å². The molecule has 1 atom stereocenters. The zero-order valence-corrected chi connectivity index (χ0v) is 13.0. The number of piperidine rings is 1. The standard InChI is InChI=1S/C19H20N4/c1-2-7-15(8-3-1)17-13-21-19(22-17)16-9-6-12-23(14-16)18-10-4-5-11-20-18/h1-5,7-8,10-11,13,16H,6,9,12,14H2,(H,21,22). The lowest BCUT2D eigenvalue weighted by Crippen LogP contribution is -2.35. The summed E-state index contributed by atoms with van der Waals surface area (Å²) in [6, 6.07) is 16.5. The normalized spacial score (nSPS) is 18.1. The van der Waals surface area contributed by atoms with E-state index in [-0.39, 0.29) is 0 Å². The molecule has 1 N–H and O–H groups in total. The maximum atomic E-state index is 4.64. The van der Waals surface area contributed by atoms with Crippen LogP contribution in [0, 0.1) is 0 Å². The van der Waals surface area contributed by atoms with E-state index in [1.807, 2.05) is 30.6 Å². The summed E-state index contributed by atoms with van der Waals surface area (Å²) in [6.07, 6.45) is 6.15. The summed E-state index contributed by atoms with van der Waals surface area (Å²) in [4.78, 5) is 15.0. The highest BCUT2D eigenvalue weighted by Gasteiger charge is 2.24. The van der Waals surface area contributed by atoms with Crippen LogP contribution >= 0.6 is 0 Å². The van der Waals surface area contributed by atoms with Gasteiger partial charge in [-0.25, -0.2) is 9.97 Å². The van der Waals surface area contributed by atoms with Crippen LogP contribution in [0.3, 0.4) is 0 Å². The van der Waals surface area contributed by atoms with Crippen molar-refractivity contribution >= 4 is 5.82 Å². The summed E-state index contributed by atoms with van der Waals surface area (Å²) in [5.74, 6) is 2.58. The molecule has 0 aliphatic carbocycles. The number of hydrogen-bond acceptors (Lipinski definition) is 3. The van der Waals surface area contributed by atoms with Crippen molar-refractivity contribution in [1.82, 2.24) is 15.0 Å². The molecule has 0 saturated carbocycles. The van der Waals surface area contributed by atoms with Crippen molar-refractivity contribution < 1.29 is 0 Å². The molecule has 1 unspecified atom stereocenters. The topological polar surface area (TPSA) is 44.8 Å². The van der Waals surface area contributed by atoms with Crippen molar-refractivity contribution in [2.24, 2.45) is 0 Å². The molecule has 1 aliphatic heterocycles. The van der Waals surface area contributed by atoms with Gasteiger partial charge >= 0.3 is 0 Å². The number of anilines is 1. The molecule has 0 amide bonds. The Labute approximate surface area is 136 Å². The van der Waals surface area contributed by atoms with Crippen molar-refractivity contribution in [1.29, 1.82) is 0 Å². The van der Waals surface area contributed by atoms with Crippen LogP contribution in [0.5, 0.6) is 0 Å². The summed E-state index contributed by atoms with van der Waals surface area (Å²) in [6.45, 7) is 2.04. The SMILES string of the molecule is c1ccc(-c2cnc(C3CCCN(c4ccccn4)C3)[nH]2)cc1. The van der Waals surface area contributed by atoms with Crippen LogP contribution in [0.4, 0.5) is 5.82 Å². The first-order valence-corrected chi connectivity index (χ1v) is 8.16. The van der Waals surface area contributed by atoms with E-state index in [0.717, 1.165) is 30.4 Å². The molecule has 116 valence electrons. The van der Waals surface area contributed by atoms with Gasteiger partial charge < -0.3 is 9.88 Å². The van der Waals surface area contributed by atoms with Crippen molar-refractivity contribution in [2.45, 2.75) is 18.8 Å². The molecular formula is C19H20N4. The first kappa shape index (κ1) is 14.0. The zero-order valence-electron chi connectivity index (χ0n) is 13.0. The molecule has 2 aromatic heterocycles. The van der Waals surface area contributed by atoms with Crippen LogP contribution in [0.15, 0.2) is 60.9 Å². The number of hydrogen-bond donors (Lipinski definition) is 1. The monoisotopic (exact) mass is 304 g/mol. The first-order valence-electron chi connectivity index (χ1n) is 8.16. The van der Waals surface area contributed by atoms with Gasteiger partial charge in [-0.3, -0.25) is 0 Å². The molecule has 3 heterocycles. The second-order valence-corrected chi connectivity index (χ2v) is 6.02. The highest BCUT2D eigenvalue weighted by molar-refractivity contribution is 5.58. The predicted octanol–water partition coefficient (Wildman–Crippen LogP) is 3.86. The molecular weight excluding hydrogens is 284 g/mol. The Morgan fingerprint density at radius 3 is 2.70 bits per heavy atom. The van der Waals surface area contributed by atoms with Crippen molar-refractivity contribution in [3.05, 3.63) is 66.7 Å². The lowest BCUT2D eigenvalue weighted by atomic mass is 9.97. The van der Waals surface area contributed by atoms with Crippen LogP contribution in [0.25, 0.3) is 11.3 Å². The van der Waals surface area contributed by atoms with Crippen LogP contribution in [0.1, 0.15) is 24.6 Å². The average Bonchev–Trinajstić information content (AvgIpc) is 3.14. The molecule has 0 bridgehead atoms. The Balaban J connectivity index is 1.53. The largest absolute Gasteiger partial charge is 0.356 e. The minimum atomic E-state index is 0.434. The van der Waals surface area contributed by atoms with Crippen LogP contribution in [0.2, 0.25) is 0 Å². The molecule has 1 aromatic carbocycles. The number of benzene rings is 1. The fraction of sp³-hybridized carbons (Fsp3) is 0.263. The van der Waals surface area contributed by atoms with Crippen LogP contribution in [-0.4, -0.2) is 28.0 Å². The van der Waals surface area contributed by atoms with E-state index < -0.39 is 0 Å². The summed E-state index contributed by atoms with van der Waals surface area (Å²) in [7, 11) is 0. The maximum absolute atomic E-state index is 4.64. The van der Waals surface area contributed by atoms with Gasteiger partial charge in [0.1, 0.15) is 11.6 Å². The van der Waals surface area contributed by atoms with Gasteiger partial charge in [-0.1, -0.05) is 36.4 Å². The predicted molar refractivity (Wildman–Crippen MR) is 92.4 cm³/mol. The minimum absolute atomic E-state index is 0.434. The van der Waals surface area contributed by atoms with Gasteiger partial charge in [0.15, 0.2) is 0 Å². The van der Waals surface area contributed by atoms with E-state index >= 15 is 0 Å². The summed E-state index contributed by atoms with van der Waals surface area (Å²) in [5.41, 5.74) is 2.28. The van der Waals surface area contributed by atoms with E-state index in [4.69, 9.17) is 0 Å². The fourth-order valence-electron chi connectivity index (χ4n) is 3.26. The summed E-state index contributed by atoms with van der Waals surface area (Å²) < 4.78 is 0. The second kappa shape index (κ2) is 6.24. The third kappa shape index (κ3) is 2.97. The molecule has 23 heavy (non-hydrogen) atoms. The Morgan fingerprint density at radius 2 is 1.87 bits per heavy atom. The lowest BCUT2D eigenvalue weighted by molar-refractivity contribution is 0.492. The van der Waals surface area contributed by atoms with Gasteiger partial charge in [-0.2, -0.15) is 0 Å². The van der Waals surface area contributed by atoms with Gasteiger partial charge in [0.25, 0.3) is 0 Å². The number of pyridine rings is 1. The van der Waals surface area contributed by atoms with E-state index in [1.54, 1.807) is 0 Å². The number of aromatic amines is 1. The second-order valence-electron chi connectivity index (χ2n) is 6.02. The number of nitrogens with one attached hydrogen (secondary N) is 1. The minimum Gasteiger partial charge on any atom is -0.356 e. The Bertz CT molecular complexity index is 751. The van der Waals surface area contributed by atoms with Gasteiger partial charge in [-0.15, -0.1) is 0 Å². The number of H-pyrrole nitrogens is 1. The van der Waals surface area contributed by atoms with Gasteiger partial charge in [0.2, 0.25) is 0 Å². The summed E-state index contributed by atoms with van der Waals surface area (Å²) >= 11 is 0. The lowest BCUT2D eigenvalue weighted by Gasteiger charge is -2.32. The fourth-order valence-corrected chi connectivity index (χ4v) is 3.26. The van der Waals surface area contributed by atoms with Crippen LogP contribution in [-0.2, 0) is 0 Å². The van der Waals surface area contributed by atoms with E-state index in [9.17, 15) is 0 Å². The van der Waals surface area contributed by atoms with Gasteiger partial charge in [0.05, 0.1) is 11.9 Å². The third-order valence-corrected chi connectivity index (χ3v) is 4.46. The van der Waals surface area contributed by atoms with Crippen molar-refractivity contribution in [3.8, 4) is 11.3 Å². The summed E-state index contributed by atoms with van der Waals surface area (Å²) in [5, 5.41) is 0. The first-order chi connectivity index (χ1) is 11.4. The number of rotatable bonds is 3.